The van der Waals surface area contributed by atoms with Crippen LogP contribution in [-0.4, -0.2) is 40.2 Å². The number of piperazine rings is 1. The monoisotopic (exact) mass is 258 g/mol. The minimum absolute atomic E-state index is 0.0556. The third kappa shape index (κ3) is 2.03. The number of fused-ring (bicyclic) bond motifs is 1. The number of hydrogen-bond donors (Lipinski definition) is 1. The number of halogens is 1. The summed E-state index contributed by atoms with van der Waals surface area (Å²) in [6, 6.07) is 0.221. The SMILES string of the molecule is CC1(C)C(=O)N[C@H]2CCCC[C@@H]2N1C(=O)CCl. The van der Waals surface area contributed by atoms with E-state index in [2.05, 4.69) is 5.32 Å². The van der Waals surface area contributed by atoms with E-state index in [0.717, 1.165) is 25.7 Å². The maximum atomic E-state index is 12.1. The van der Waals surface area contributed by atoms with Gasteiger partial charge in [-0.2, -0.15) is 0 Å². The van der Waals surface area contributed by atoms with Crippen LogP contribution in [0, 0.1) is 0 Å². The van der Waals surface area contributed by atoms with Gasteiger partial charge in [0.25, 0.3) is 0 Å². The lowest BCUT2D eigenvalue weighted by molar-refractivity contribution is -0.156. The molecular weight excluding hydrogens is 240 g/mol. The molecule has 2 rings (SSSR count). The largest absolute Gasteiger partial charge is 0.349 e. The molecule has 17 heavy (non-hydrogen) atoms. The fourth-order valence-electron chi connectivity index (χ4n) is 3.02. The summed E-state index contributed by atoms with van der Waals surface area (Å²) in [5.41, 5.74) is -0.787. The van der Waals surface area contributed by atoms with Crippen LogP contribution in [0.15, 0.2) is 0 Å². The molecule has 1 saturated carbocycles. The van der Waals surface area contributed by atoms with E-state index >= 15 is 0 Å². The lowest BCUT2D eigenvalue weighted by atomic mass is 9.82. The average molecular weight is 259 g/mol. The lowest BCUT2D eigenvalue weighted by Gasteiger charge is -2.52. The molecule has 2 amide bonds. The van der Waals surface area contributed by atoms with Crippen LogP contribution in [0.25, 0.3) is 0 Å². The van der Waals surface area contributed by atoms with Gasteiger partial charge in [-0.3, -0.25) is 9.59 Å². The fourth-order valence-corrected chi connectivity index (χ4v) is 3.15. The van der Waals surface area contributed by atoms with E-state index < -0.39 is 5.54 Å². The number of amides is 2. The molecule has 2 fully saturated rings. The van der Waals surface area contributed by atoms with Gasteiger partial charge < -0.3 is 10.2 Å². The smallest absolute Gasteiger partial charge is 0.245 e. The zero-order chi connectivity index (χ0) is 12.6. The summed E-state index contributed by atoms with van der Waals surface area (Å²) in [6.07, 6.45) is 4.14. The molecule has 4 nitrogen and oxygen atoms in total. The van der Waals surface area contributed by atoms with Crippen molar-refractivity contribution in [1.82, 2.24) is 10.2 Å². The Kier molecular flexibility index (Phi) is 3.34. The Morgan fingerprint density at radius 3 is 2.76 bits per heavy atom. The normalized spacial score (nSPS) is 31.7. The molecule has 0 bridgehead atoms. The number of nitrogens with zero attached hydrogens (tertiary/aromatic N) is 1. The summed E-state index contributed by atoms with van der Waals surface area (Å²) in [6.45, 7) is 3.58. The summed E-state index contributed by atoms with van der Waals surface area (Å²) < 4.78 is 0. The highest BCUT2D eigenvalue weighted by Crippen LogP contribution is 2.33. The van der Waals surface area contributed by atoms with Crippen LogP contribution >= 0.6 is 11.6 Å². The summed E-state index contributed by atoms with van der Waals surface area (Å²) in [4.78, 5) is 25.8. The van der Waals surface area contributed by atoms with Gasteiger partial charge in [-0.25, -0.2) is 0 Å². The van der Waals surface area contributed by atoms with E-state index in [9.17, 15) is 9.59 Å². The number of carbonyl (C=O) groups excluding carboxylic acids is 2. The fraction of sp³-hybridized carbons (Fsp3) is 0.833. The highest BCUT2D eigenvalue weighted by Gasteiger charge is 2.49. The number of hydrogen-bond acceptors (Lipinski definition) is 2. The molecule has 96 valence electrons. The van der Waals surface area contributed by atoms with Crippen molar-refractivity contribution in [3.8, 4) is 0 Å². The van der Waals surface area contributed by atoms with E-state index in [-0.39, 0.29) is 29.8 Å². The number of nitrogens with one attached hydrogen (secondary N) is 1. The Morgan fingerprint density at radius 1 is 1.47 bits per heavy atom. The molecule has 2 atom stereocenters. The summed E-state index contributed by atoms with van der Waals surface area (Å²) in [5, 5.41) is 3.04. The van der Waals surface area contributed by atoms with Crippen LogP contribution in [-0.2, 0) is 9.59 Å². The maximum absolute atomic E-state index is 12.1. The van der Waals surface area contributed by atoms with Crippen LogP contribution in [0.4, 0.5) is 0 Å². The standard InChI is InChI=1S/C12H19ClN2O2/c1-12(2)11(17)14-8-5-3-4-6-9(8)15(12)10(16)7-13/h8-9H,3-7H2,1-2H3,(H,14,17)/t8-,9-/m0/s1. The molecule has 1 aliphatic carbocycles. The Morgan fingerprint density at radius 2 is 2.12 bits per heavy atom. The molecule has 1 aliphatic heterocycles. The summed E-state index contributed by atoms with van der Waals surface area (Å²) >= 11 is 5.67. The Balaban J connectivity index is 2.32. The van der Waals surface area contributed by atoms with Gasteiger partial charge in [-0.05, 0) is 26.7 Å². The van der Waals surface area contributed by atoms with Crippen LogP contribution in [0.5, 0.6) is 0 Å². The second kappa shape index (κ2) is 4.48. The first-order valence-electron chi connectivity index (χ1n) is 6.17. The quantitative estimate of drug-likeness (QED) is 0.721. The van der Waals surface area contributed by atoms with Crippen molar-refractivity contribution in [2.75, 3.05) is 5.88 Å². The van der Waals surface area contributed by atoms with Gasteiger partial charge >= 0.3 is 0 Å². The van der Waals surface area contributed by atoms with Crippen molar-refractivity contribution in [2.24, 2.45) is 0 Å². The van der Waals surface area contributed by atoms with E-state index in [1.165, 1.54) is 0 Å². The molecule has 0 aromatic rings. The van der Waals surface area contributed by atoms with E-state index in [0.29, 0.717) is 0 Å². The molecule has 0 radical (unpaired) electrons. The second-order valence-corrected chi connectivity index (χ2v) is 5.66. The Bertz CT molecular complexity index is 343. The molecule has 1 heterocycles. The average Bonchev–Trinajstić information content (AvgIpc) is 2.29. The predicted molar refractivity (Wildman–Crippen MR) is 65.8 cm³/mol. The second-order valence-electron chi connectivity index (χ2n) is 5.39. The van der Waals surface area contributed by atoms with Crippen molar-refractivity contribution in [2.45, 2.75) is 57.2 Å². The maximum Gasteiger partial charge on any atom is 0.245 e. The van der Waals surface area contributed by atoms with Crippen molar-refractivity contribution < 1.29 is 9.59 Å². The van der Waals surface area contributed by atoms with Crippen LogP contribution in [0.1, 0.15) is 39.5 Å². The van der Waals surface area contributed by atoms with Gasteiger partial charge in [0.05, 0.1) is 6.04 Å². The Labute approximate surface area is 107 Å². The van der Waals surface area contributed by atoms with Gasteiger partial charge in [0.1, 0.15) is 11.4 Å². The van der Waals surface area contributed by atoms with Crippen molar-refractivity contribution in [3.63, 3.8) is 0 Å². The summed E-state index contributed by atoms with van der Waals surface area (Å²) in [7, 11) is 0. The molecule has 0 aromatic carbocycles. The van der Waals surface area contributed by atoms with Gasteiger partial charge in [0, 0.05) is 6.04 Å². The first-order valence-corrected chi connectivity index (χ1v) is 6.71. The molecule has 0 spiro atoms. The minimum atomic E-state index is -0.787. The Hall–Kier alpha value is -0.770. The highest BCUT2D eigenvalue weighted by molar-refractivity contribution is 6.27. The molecule has 0 unspecified atom stereocenters. The molecule has 2 aliphatic rings. The summed E-state index contributed by atoms with van der Waals surface area (Å²) in [5.74, 6) is -0.262. The van der Waals surface area contributed by atoms with E-state index in [1.54, 1.807) is 18.7 Å². The van der Waals surface area contributed by atoms with Crippen molar-refractivity contribution >= 4 is 23.4 Å². The third-order valence-corrected chi connectivity index (χ3v) is 4.15. The molecule has 5 heteroatoms. The van der Waals surface area contributed by atoms with Crippen LogP contribution in [0.3, 0.4) is 0 Å². The van der Waals surface area contributed by atoms with E-state index in [1.807, 2.05) is 0 Å². The van der Waals surface area contributed by atoms with Gasteiger partial charge in [-0.1, -0.05) is 12.8 Å². The first-order chi connectivity index (χ1) is 7.98. The molecule has 0 aromatic heterocycles. The van der Waals surface area contributed by atoms with Crippen LogP contribution < -0.4 is 5.32 Å². The van der Waals surface area contributed by atoms with E-state index in [4.69, 9.17) is 11.6 Å². The van der Waals surface area contributed by atoms with Gasteiger partial charge in [0.15, 0.2) is 0 Å². The zero-order valence-electron chi connectivity index (χ0n) is 10.3. The van der Waals surface area contributed by atoms with Gasteiger partial charge in [0.2, 0.25) is 11.8 Å². The van der Waals surface area contributed by atoms with Crippen molar-refractivity contribution in [1.29, 1.82) is 0 Å². The highest BCUT2D eigenvalue weighted by atomic mass is 35.5. The molecular formula is C12H19ClN2O2. The third-order valence-electron chi connectivity index (χ3n) is 3.92. The lowest BCUT2D eigenvalue weighted by Crippen LogP contribution is -2.72. The zero-order valence-corrected chi connectivity index (χ0v) is 11.1. The number of rotatable bonds is 1. The predicted octanol–water partition coefficient (Wildman–Crippen LogP) is 1.27. The number of carbonyl (C=O) groups is 2. The molecule has 1 saturated heterocycles. The van der Waals surface area contributed by atoms with Crippen molar-refractivity contribution in [3.05, 3.63) is 0 Å². The molecule has 1 N–H and O–H groups in total. The van der Waals surface area contributed by atoms with Crippen LogP contribution in [0.2, 0.25) is 0 Å². The first kappa shape index (κ1) is 12.7. The van der Waals surface area contributed by atoms with Gasteiger partial charge in [-0.15, -0.1) is 11.6 Å². The minimum Gasteiger partial charge on any atom is -0.349 e. The number of alkyl halides is 1. The topological polar surface area (TPSA) is 49.4 Å².